The van der Waals surface area contributed by atoms with Gasteiger partial charge in [0.25, 0.3) is 0 Å². The highest BCUT2D eigenvalue weighted by molar-refractivity contribution is 6.10. The zero-order valence-corrected chi connectivity index (χ0v) is 19.8. The molecule has 4 rings (SSSR count). The van der Waals surface area contributed by atoms with Crippen molar-refractivity contribution >= 4 is 28.9 Å². The molecular formula is C26H34N4O3. The van der Waals surface area contributed by atoms with Gasteiger partial charge in [0.1, 0.15) is 5.82 Å². The summed E-state index contributed by atoms with van der Waals surface area (Å²) in [4.78, 5) is 19.4. The Kier molecular flexibility index (Phi) is 7.28. The lowest BCUT2D eigenvalue weighted by molar-refractivity contribution is -0.00479. The summed E-state index contributed by atoms with van der Waals surface area (Å²) in [6.45, 7) is 5.74. The molecule has 1 saturated heterocycles. The van der Waals surface area contributed by atoms with E-state index in [1.807, 2.05) is 30.3 Å². The van der Waals surface area contributed by atoms with Gasteiger partial charge in [-0.1, -0.05) is 24.6 Å². The quantitative estimate of drug-likeness (QED) is 0.426. The number of nitrogens with one attached hydrogen (secondary N) is 2. The van der Waals surface area contributed by atoms with Crippen LogP contribution in [0.3, 0.4) is 0 Å². The molecule has 0 spiro atoms. The topological polar surface area (TPSA) is 87.5 Å². The Morgan fingerprint density at radius 1 is 1.15 bits per heavy atom. The van der Waals surface area contributed by atoms with Crippen LogP contribution in [0.15, 0.2) is 36.4 Å². The van der Waals surface area contributed by atoms with Gasteiger partial charge in [0.2, 0.25) is 0 Å². The molecule has 0 amide bonds. The molecular weight excluding hydrogens is 416 g/mol. The Bertz CT molecular complexity index is 981. The Hall–Kier alpha value is -2.93. The van der Waals surface area contributed by atoms with E-state index in [0.29, 0.717) is 11.5 Å². The van der Waals surface area contributed by atoms with E-state index >= 15 is 0 Å². The van der Waals surface area contributed by atoms with Crippen molar-refractivity contribution in [2.75, 3.05) is 30.4 Å². The minimum Gasteiger partial charge on any atom is -0.464 e. The summed E-state index contributed by atoms with van der Waals surface area (Å²) >= 11 is 0. The normalized spacial score (nSPS) is 17.0. The van der Waals surface area contributed by atoms with Crippen molar-refractivity contribution in [1.29, 1.82) is 5.41 Å². The second kappa shape index (κ2) is 10.3. The van der Waals surface area contributed by atoms with Crippen LogP contribution in [0.2, 0.25) is 0 Å². The molecule has 1 aromatic carbocycles. The number of pyridine rings is 1. The lowest BCUT2D eigenvalue weighted by atomic mass is 9.79. The zero-order chi connectivity index (χ0) is 23.4. The molecule has 2 N–H and O–H groups in total. The molecule has 7 nitrogen and oxygen atoms in total. The number of ether oxygens (including phenoxy) is 2. The molecule has 0 bridgehead atoms. The Balaban J connectivity index is 1.74. The summed E-state index contributed by atoms with van der Waals surface area (Å²) in [5.41, 5.74) is 3.38. The van der Waals surface area contributed by atoms with Crippen LogP contribution >= 0.6 is 0 Å². The van der Waals surface area contributed by atoms with E-state index in [-0.39, 0.29) is 23.8 Å². The molecule has 0 radical (unpaired) electrons. The van der Waals surface area contributed by atoms with E-state index in [2.05, 4.69) is 29.0 Å². The third-order valence-electron chi connectivity index (χ3n) is 6.46. The van der Waals surface area contributed by atoms with Crippen molar-refractivity contribution in [3.63, 3.8) is 0 Å². The number of hydrogen-bond donors (Lipinski definition) is 2. The number of benzene rings is 1. The van der Waals surface area contributed by atoms with Crippen LogP contribution in [0.5, 0.6) is 0 Å². The Morgan fingerprint density at radius 3 is 2.42 bits per heavy atom. The summed E-state index contributed by atoms with van der Waals surface area (Å²) in [6, 6.07) is 11.6. The summed E-state index contributed by atoms with van der Waals surface area (Å²) in [7, 11) is 1.37. The number of carbonyl (C=O) groups excluding carboxylic acids is 1. The average molecular weight is 451 g/mol. The highest BCUT2D eigenvalue weighted by atomic mass is 16.5. The monoisotopic (exact) mass is 450 g/mol. The molecule has 7 heteroatoms. The maximum Gasteiger partial charge on any atom is 0.356 e. The van der Waals surface area contributed by atoms with Gasteiger partial charge in [-0.25, -0.2) is 9.78 Å². The smallest absolute Gasteiger partial charge is 0.356 e. The summed E-state index contributed by atoms with van der Waals surface area (Å²) in [5.74, 6) is 0.288. The fourth-order valence-electron chi connectivity index (χ4n) is 4.52. The van der Waals surface area contributed by atoms with Crippen molar-refractivity contribution in [3.8, 4) is 0 Å². The number of anilines is 3. The van der Waals surface area contributed by atoms with E-state index in [4.69, 9.17) is 14.9 Å². The molecule has 2 aliphatic rings. The SMILES string of the molecule is COC(=O)c1cc(N2CCC(OC(C)C)CC2)c(C(=N)C2CCC2)c(Nc2ccccc2)n1. The van der Waals surface area contributed by atoms with Crippen LogP contribution < -0.4 is 10.2 Å². The van der Waals surface area contributed by atoms with E-state index in [1.165, 1.54) is 7.11 Å². The molecule has 0 atom stereocenters. The molecule has 2 aromatic rings. The first kappa shape index (κ1) is 23.2. The minimum absolute atomic E-state index is 0.206. The number of piperidine rings is 1. The maximum absolute atomic E-state index is 12.5. The average Bonchev–Trinajstić information content (AvgIpc) is 2.77. The highest BCUT2D eigenvalue weighted by Crippen LogP contribution is 2.38. The van der Waals surface area contributed by atoms with E-state index in [1.54, 1.807) is 6.07 Å². The number of carbonyl (C=O) groups is 1. The third-order valence-corrected chi connectivity index (χ3v) is 6.46. The van der Waals surface area contributed by atoms with Gasteiger partial charge in [0.05, 0.1) is 30.6 Å². The van der Waals surface area contributed by atoms with Crippen LogP contribution in [0, 0.1) is 11.3 Å². The molecule has 1 saturated carbocycles. The predicted molar refractivity (Wildman–Crippen MR) is 131 cm³/mol. The van der Waals surface area contributed by atoms with Gasteiger partial charge in [-0.3, -0.25) is 0 Å². The number of aromatic nitrogens is 1. The first-order valence-corrected chi connectivity index (χ1v) is 11.9. The van der Waals surface area contributed by atoms with Gasteiger partial charge in [-0.2, -0.15) is 0 Å². The Labute approximate surface area is 196 Å². The molecule has 1 aliphatic heterocycles. The second-order valence-corrected chi connectivity index (χ2v) is 9.15. The van der Waals surface area contributed by atoms with Gasteiger partial charge in [0.15, 0.2) is 5.69 Å². The van der Waals surface area contributed by atoms with Gasteiger partial charge in [0, 0.05) is 30.4 Å². The number of nitrogens with zero attached hydrogens (tertiary/aromatic N) is 2. The molecule has 2 fully saturated rings. The van der Waals surface area contributed by atoms with Gasteiger partial charge >= 0.3 is 5.97 Å². The van der Waals surface area contributed by atoms with Gasteiger partial charge in [-0.15, -0.1) is 0 Å². The van der Waals surface area contributed by atoms with E-state index in [0.717, 1.165) is 62.1 Å². The maximum atomic E-state index is 12.5. The fourth-order valence-corrected chi connectivity index (χ4v) is 4.52. The number of esters is 1. The predicted octanol–water partition coefficient (Wildman–Crippen LogP) is 5.17. The van der Waals surface area contributed by atoms with Crippen LogP contribution in [0.1, 0.15) is 62.0 Å². The van der Waals surface area contributed by atoms with Crippen molar-refractivity contribution < 1.29 is 14.3 Å². The van der Waals surface area contributed by atoms with Gasteiger partial charge < -0.3 is 25.1 Å². The van der Waals surface area contributed by atoms with Crippen molar-refractivity contribution in [1.82, 2.24) is 4.98 Å². The second-order valence-electron chi connectivity index (χ2n) is 9.15. The number of rotatable bonds is 8. The number of hydrogen-bond acceptors (Lipinski definition) is 7. The molecule has 33 heavy (non-hydrogen) atoms. The van der Waals surface area contributed by atoms with Crippen LogP contribution in [0.4, 0.5) is 17.2 Å². The lowest BCUT2D eigenvalue weighted by Crippen LogP contribution is -2.39. The first-order chi connectivity index (χ1) is 16.0. The molecule has 2 heterocycles. The summed E-state index contributed by atoms with van der Waals surface area (Å²) in [5, 5.41) is 12.4. The minimum atomic E-state index is -0.480. The third kappa shape index (κ3) is 5.36. The summed E-state index contributed by atoms with van der Waals surface area (Å²) < 4.78 is 11.0. The molecule has 0 unspecified atom stereocenters. The van der Waals surface area contributed by atoms with Crippen molar-refractivity contribution in [2.24, 2.45) is 5.92 Å². The van der Waals surface area contributed by atoms with E-state index < -0.39 is 5.97 Å². The largest absolute Gasteiger partial charge is 0.464 e. The molecule has 1 aromatic heterocycles. The van der Waals surface area contributed by atoms with E-state index in [9.17, 15) is 4.79 Å². The fraction of sp³-hybridized carbons (Fsp3) is 0.500. The van der Waals surface area contributed by atoms with Crippen LogP contribution in [0.25, 0.3) is 0 Å². The highest BCUT2D eigenvalue weighted by Gasteiger charge is 2.32. The lowest BCUT2D eigenvalue weighted by Gasteiger charge is -2.37. The number of para-hydroxylation sites is 1. The Morgan fingerprint density at radius 2 is 1.85 bits per heavy atom. The molecule has 1 aliphatic carbocycles. The standard InChI is InChI=1S/C26H34N4O3/c1-17(2)33-20-12-14-30(15-13-20)22-16-21(26(31)32-3)29-25(28-19-10-5-4-6-11-19)23(22)24(27)18-8-7-9-18/h4-6,10-11,16-18,20,27H,7-9,12-15H2,1-3H3,(H,28,29). The zero-order valence-electron chi connectivity index (χ0n) is 19.8. The number of methoxy groups -OCH3 is 1. The van der Waals surface area contributed by atoms with Crippen molar-refractivity contribution in [2.45, 2.75) is 58.2 Å². The molecule has 176 valence electrons. The summed E-state index contributed by atoms with van der Waals surface area (Å²) in [6.07, 6.45) is 5.45. The van der Waals surface area contributed by atoms with Crippen LogP contribution in [-0.2, 0) is 9.47 Å². The van der Waals surface area contributed by atoms with Crippen LogP contribution in [-0.4, -0.2) is 49.1 Å². The van der Waals surface area contributed by atoms with Crippen molar-refractivity contribution in [3.05, 3.63) is 47.7 Å². The first-order valence-electron chi connectivity index (χ1n) is 11.9. The van der Waals surface area contributed by atoms with Gasteiger partial charge in [-0.05, 0) is 57.7 Å².